The molecule has 1 saturated carbocycles. The second kappa shape index (κ2) is 7.70. The Bertz CT molecular complexity index is 785. The number of benzene rings is 1. The average molecular weight is 406 g/mol. The van der Waals surface area contributed by atoms with E-state index in [1.807, 2.05) is 6.92 Å². The van der Waals surface area contributed by atoms with Gasteiger partial charge in [-0.05, 0) is 44.4 Å². The maximum Gasteiger partial charge on any atom is 0.235 e. The van der Waals surface area contributed by atoms with Crippen LogP contribution >= 0.6 is 12.4 Å². The van der Waals surface area contributed by atoms with Gasteiger partial charge in [0.15, 0.2) is 0 Å². The molecule has 1 saturated heterocycles. The molecule has 9 heteroatoms. The van der Waals surface area contributed by atoms with Gasteiger partial charge in [-0.15, -0.1) is 12.4 Å². The number of anilines is 2. The Morgan fingerprint density at radius 3 is 2.69 bits per heavy atom. The average Bonchev–Trinajstić information content (AvgIpc) is 2.88. The Kier molecular flexibility index (Phi) is 6.20. The van der Waals surface area contributed by atoms with Gasteiger partial charge in [-0.2, -0.15) is 0 Å². The first-order valence-electron chi connectivity index (χ1n) is 8.60. The van der Waals surface area contributed by atoms with Crippen LogP contribution in [0.5, 0.6) is 0 Å². The van der Waals surface area contributed by atoms with E-state index in [0.717, 1.165) is 23.6 Å². The third kappa shape index (κ3) is 4.13. The summed E-state index contributed by atoms with van der Waals surface area (Å²) in [6.45, 7) is 2.13. The fourth-order valence-corrected chi connectivity index (χ4v) is 5.27. The minimum atomic E-state index is -3.49. The maximum absolute atomic E-state index is 14.1. The Morgan fingerprint density at radius 1 is 1.35 bits per heavy atom. The zero-order valence-corrected chi connectivity index (χ0v) is 16.3. The summed E-state index contributed by atoms with van der Waals surface area (Å²) in [7, 11) is -3.49. The van der Waals surface area contributed by atoms with Gasteiger partial charge in [0, 0.05) is 17.8 Å². The van der Waals surface area contributed by atoms with E-state index in [1.54, 1.807) is 0 Å². The summed E-state index contributed by atoms with van der Waals surface area (Å²) in [6.07, 6.45) is 3.92. The molecule has 2 aliphatic rings. The van der Waals surface area contributed by atoms with Crippen molar-refractivity contribution in [2.24, 2.45) is 11.7 Å². The first kappa shape index (κ1) is 20.9. The van der Waals surface area contributed by atoms with E-state index in [0.29, 0.717) is 18.5 Å². The highest BCUT2D eigenvalue weighted by Crippen LogP contribution is 2.33. The summed E-state index contributed by atoms with van der Waals surface area (Å²) in [5.74, 6) is -1.13. The molecule has 146 valence electrons. The van der Waals surface area contributed by atoms with E-state index in [1.165, 1.54) is 18.2 Å². The third-order valence-corrected chi connectivity index (χ3v) is 7.01. The van der Waals surface area contributed by atoms with Crippen molar-refractivity contribution in [1.29, 1.82) is 0 Å². The number of halogens is 2. The number of amides is 1. The van der Waals surface area contributed by atoms with Crippen molar-refractivity contribution in [3.8, 4) is 0 Å². The lowest BCUT2D eigenvalue weighted by Crippen LogP contribution is -2.51. The highest BCUT2D eigenvalue weighted by Gasteiger charge is 2.38. The van der Waals surface area contributed by atoms with Crippen molar-refractivity contribution in [3.63, 3.8) is 0 Å². The van der Waals surface area contributed by atoms with Crippen LogP contribution < -0.4 is 15.4 Å². The second-order valence-corrected chi connectivity index (χ2v) is 9.21. The number of carbonyl (C=O) groups excluding carboxylic acids is 1. The Morgan fingerprint density at radius 2 is 2.08 bits per heavy atom. The number of nitrogens with two attached hydrogens (primary N) is 1. The van der Waals surface area contributed by atoms with E-state index in [2.05, 4.69) is 5.32 Å². The zero-order valence-electron chi connectivity index (χ0n) is 14.7. The molecule has 2 fully saturated rings. The minimum absolute atomic E-state index is 0. The van der Waals surface area contributed by atoms with Crippen molar-refractivity contribution < 1.29 is 17.6 Å². The monoisotopic (exact) mass is 405 g/mol. The molecule has 1 amide bonds. The lowest BCUT2D eigenvalue weighted by Gasteiger charge is -2.37. The molecule has 0 spiro atoms. The molecule has 6 nitrogen and oxygen atoms in total. The molecule has 3 rings (SSSR count). The molecule has 1 aromatic rings. The maximum atomic E-state index is 14.1. The van der Waals surface area contributed by atoms with E-state index in [9.17, 15) is 17.6 Å². The predicted molar refractivity (Wildman–Crippen MR) is 103 cm³/mol. The number of sulfonamides is 1. The SMILES string of the molecule is CC1(N)CCCCC1C(=O)Nc1ccc(F)c(N2CCCS2(=O)=O)c1.Cl. The first-order chi connectivity index (χ1) is 11.7. The molecule has 0 radical (unpaired) electrons. The van der Waals surface area contributed by atoms with Gasteiger partial charge in [0.05, 0.1) is 17.4 Å². The smallest absolute Gasteiger partial charge is 0.235 e. The Labute approximate surface area is 159 Å². The first-order valence-corrected chi connectivity index (χ1v) is 10.2. The van der Waals surface area contributed by atoms with Crippen LogP contribution in [0.1, 0.15) is 39.0 Å². The van der Waals surface area contributed by atoms with Gasteiger partial charge < -0.3 is 11.1 Å². The molecule has 1 aliphatic carbocycles. The topological polar surface area (TPSA) is 92.5 Å². The standard InChI is InChI=1S/C17H24FN3O3S.ClH/c1-17(19)8-3-2-5-13(17)16(22)20-12-6-7-14(18)15(11-12)21-9-4-10-25(21,23)24;/h6-7,11,13H,2-5,8-10,19H2,1H3,(H,20,22);1H. The largest absolute Gasteiger partial charge is 0.326 e. The lowest BCUT2D eigenvalue weighted by molar-refractivity contribution is -0.122. The summed E-state index contributed by atoms with van der Waals surface area (Å²) in [4.78, 5) is 12.6. The minimum Gasteiger partial charge on any atom is -0.326 e. The van der Waals surface area contributed by atoms with Gasteiger partial charge in [-0.3, -0.25) is 9.10 Å². The Balaban J connectivity index is 0.00000243. The fraction of sp³-hybridized carbons (Fsp3) is 0.588. The second-order valence-electron chi connectivity index (χ2n) is 7.20. The number of nitrogens with one attached hydrogen (secondary N) is 1. The van der Waals surface area contributed by atoms with Crippen LogP contribution in [0.2, 0.25) is 0 Å². The van der Waals surface area contributed by atoms with Gasteiger partial charge in [-0.1, -0.05) is 12.8 Å². The van der Waals surface area contributed by atoms with Gasteiger partial charge in [0.2, 0.25) is 15.9 Å². The summed E-state index contributed by atoms with van der Waals surface area (Å²) in [5, 5.41) is 2.78. The van der Waals surface area contributed by atoms with Crippen LogP contribution in [0.3, 0.4) is 0 Å². The lowest BCUT2D eigenvalue weighted by atomic mass is 9.74. The number of rotatable bonds is 3. The molecule has 1 aromatic carbocycles. The van der Waals surface area contributed by atoms with Crippen LogP contribution in [0.15, 0.2) is 18.2 Å². The molecule has 0 bridgehead atoms. The number of nitrogens with zero attached hydrogens (tertiary/aromatic N) is 1. The molecule has 3 N–H and O–H groups in total. The highest BCUT2D eigenvalue weighted by atomic mass is 35.5. The fourth-order valence-electron chi connectivity index (χ4n) is 3.71. The molecule has 0 aromatic heterocycles. The summed E-state index contributed by atoms with van der Waals surface area (Å²) < 4.78 is 39.3. The highest BCUT2D eigenvalue weighted by molar-refractivity contribution is 7.93. The van der Waals surface area contributed by atoms with E-state index in [-0.39, 0.29) is 42.2 Å². The summed E-state index contributed by atoms with van der Waals surface area (Å²) in [5.41, 5.74) is 6.05. The van der Waals surface area contributed by atoms with Crippen LogP contribution in [-0.2, 0) is 14.8 Å². The van der Waals surface area contributed by atoms with Crippen molar-refractivity contribution in [1.82, 2.24) is 0 Å². The number of hydrogen-bond acceptors (Lipinski definition) is 4. The molecular formula is C17H25ClFN3O3S. The van der Waals surface area contributed by atoms with Crippen LogP contribution in [-0.4, -0.2) is 32.2 Å². The van der Waals surface area contributed by atoms with Gasteiger partial charge in [-0.25, -0.2) is 12.8 Å². The molecule has 1 heterocycles. The summed E-state index contributed by atoms with van der Waals surface area (Å²) in [6, 6.07) is 4.00. The molecule has 1 aliphatic heterocycles. The Hall–Kier alpha value is -1.38. The molecule has 2 unspecified atom stereocenters. The summed E-state index contributed by atoms with van der Waals surface area (Å²) >= 11 is 0. The van der Waals surface area contributed by atoms with Gasteiger partial charge in [0.1, 0.15) is 5.82 Å². The van der Waals surface area contributed by atoms with Crippen molar-refractivity contribution in [3.05, 3.63) is 24.0 Å². The molecule has 2 atom stereocenters. The van der Waals surface area contributed by atoms with Crippen molar-refractivity contribution in [2.45, 2.75) is 44.6 Å². The number of hydrogen-bond donors (Lipinski definition) is 2. The zero-order chi connectivity index (χ0) is 18.2. The predicted octanol–water partition coefficient (Wildman–Crippen LogP) is 2.63. The van der Waals surface area contributed by atoms with Crippen molar-refractivity contribution >= 4 is 39.7 Å². The normalized spacial score (nSPS) is 27.7. The van der Waals surface area contributed by atoms with Crippen molar-refractivity contribution in [2.75, 3.05) is 21.9 Å². The van der Waals surface area contributed by atoms with E-state index in [4.69, 9.17) is 5.73 Å². The van der Waals surface area contributed by atoms with Crippen LogP contribution in [0, 0.1) is 11.7 Å². The van der Waals surface area contributed by atoms with E-state index < -0.39 is 21.4 Å². The third-order valence-electron chi connectivity index (χ3n) is 5.15. The molecule has 26 heavy (non-hydrogen) atoms. The van der Waals surface area contributed by atoms with Crippen LogP contribution in [0.25, 0.3) is 0 Å². The van der Waals surface area contributed by atoms with Crippen LogP contribution in [0.4, 0.5) is 15.8 Å². The quantitative estimate of drug-likeness (QED) is 0.808. The van der Waals surface area contributed by atoms with E-state index >= 15 is 0 Å². The molecular weight excluding hydrogens is 381 g/mol. The van der Waals surface area contributed by atoms with Gasteiger partial charge in [0.25, 0.3) is 0 Å². The number of carbonyl (C=O) groups is 1. The van der Waals surface area contributed by atoms with Gasteiger partial charge >= 0.3 is 0 Å².